The van der Waals surface area contributed by atoms with Gasteiger partial charge in [0, 0.05) is 0 Å². The van der Waals surface area contributed by atoms with Gasteiger partial charge in [-0.15, -0.1) is 0 Å². The highest BCUT2D eigenvalue weighted by molar-refractivity contribution is 5.63. The Kier molecular flexibility index (Phi) is 2.30. The Labute approximate surface area is 87.3 Å². The minimum Gasteiger partial charge on any atom is -0.507 e. The first-order valence-corrected chi connectivity index (χ1v) is 4.15. The average molecular weight is 230 g/mol. The van der Waals surface area contributed by atoms with Gasteiger partial charge < -0.3 is 9.63 Å². The molecule has 0 fully saturated rings. The lowest BCUT2D eigenvalue weighted by molar-refractivity contribution is -0.137. The fourth-order valence-electron chi connectivity index (χ4n) is 1.19. The third-order valence-electron chi connectivity index (χ3n) is 1.93. The van der Waals surface area contributed by atoms with Crippen molar-refractivity contribution in [1.29, 1.82) is 0 Å². The van der Waals surface area contributed by atoms with Crippen LogP contribution in [0.3, 0.4) is 0 Å². The van der Waals surface area contributed by atoms with E-state index < -0.39 is 17.5 Å². The molecule has 84 valence electrons. The van der Waals surface area contributed by atoms with E-state index in [-0.39, 0.29) is 11.4 Å². The first kappa shape index (κ1) is 10.5. The summed E-state index contributed by atoms with van der Waals surface area (Å²) < 4.78 is 41.3. The molecular weight excluding hydrogens is 225 g/mol. The molecule has 0 radical (unpaired) electrons. The van der Waals surface area contributed by atoms with Crippen LogP contribution in [0.25, 0.3) is 11.4 Å². The molecule has 16 heavy (non-hydrogen) atoms. The molecular formula is C9H5F3N2O2. The van der Waals surface area contributed by atoms with Gasteiger partial charge in [-0.1, -0.05) is 5.16 Å². The van der Waals surface area contributed by atoms with E-state index in [1.54, 1.807) is 0 Å². The minimum atomic E-state index is -4.49. The van der Waals surface area contributed by atoms with E-state index >= 15 is 0 Å². The zero-order valence-electron chi connectivity index (χ0n) is 7.69. The van der Waals surface area contributed by atoms with E-state index in [0.717, 1.165) is 18.5 Å². The fourth-order valence-corrected chi connectivity index (χ4v) is 1.19. The van der Waals surface area contributed by atoms with Gasteiger partial charge in [0.05, 0.1) is 11.1 Å². The highest BCUT2D eigenvalue weighted by Gasteiger charge is 2.31. The van der Waals surface area contributed by atoms with Crippen molar-refractivity contribution in [2.75, 3.05) is 0 Å². The van der Waals surface area contributed by atoms with Gasteiger partial charge in [-0.25, -0.2) is 0 Å². The quantitative estimate of drug-likeness (QED) is 0.817. The van der Waals surface area contributed by atoms with E-state index in [1.165, 1.54) is 0 Å². The smallest absolute Gasteiger partial charge is 0.416 e. The Morgan fingerprint density at radius 3 is 2.50 bits per heavy atom. The van der Waals surface area contributed by atoms with Crippen molar-refractivity contribution in [1.82, 2.24) is 10.1 Å². The van der Waals surface area contributed by atoms with E-state index in [2.05, 4.69) is 14.7 Å². The maximum atomic E-state index is 12.3. The molecule has 0 saturated heterocycles. The van der Waals surface area contributed by atoms with E-state index in [9.17, 15) is 18.3 Å². The summed E-state index contributed by atoms with van der Waals surface area (Å²) in [6.07, 6.45) is -3.47. The number of benzene rings is 1. The predicted octanol–water partition coefficient (Wildman–Crippen LogP) is 2.46. The van der Waals surface area contributed by atoms with Gasteiger partial charge in [0.25, 0.3) is 0 Å². The number of alkyl halides is 3. The number of aromatic hydroxyl groups is 1. The van der Waals surface area contributed by atoms with Gasteiger partial charge in [-0.05, 0) is 18.2 Å². The summed E-state index contributed by atoms with van der Waals surface area (Å²) in [6.45, 7) is 0. The molecule has 0 aliphatic carbocycles. The molecule has 4 nitrogen and oxygen atoms in total. The predicted molar refractivity (Wildman–Crippen MR) is 46.4 cm³/mol. The Hall–Kier alpha value is -2.05. The standard InChI is InChI=1S/C9H5F3N2O2/c10-9(11,12)5-1-2-6(7(15)3-5)8-13-4-16-14-8/h1-4,15H. The van der Waals surface area contributed by atoms with E-state index in [4.69, 9.17) is 0 Å². The van der Waals surface area contributed by atoms with Crippen LogP contribution in [-0.4, -0.2) is 15.2 Å². The van der Waals surface area contributed by atoms with Crippen LogP contribution in [0, 0.1) is 0 Å². The molecule has 7 heteroatoms. The third-order valence-corrected chi connectivity index (χ3v) is 1.93. The normalized spacial score (nSPS) is 11.7. The fraction of sp³-hybridized carbons (Fsp3) is 0.111. The highest BCUT2D eigenvalue weighted by atomic mass is 19.4. The van der Waals surface area contributed by atoms with Gasteiger partial charge in [-0.3, -0.25) is 0 Å². The Morgan fingerprint density at radius 1 is 1.25 bits per heavy atom. The summed E-state index contributed by atoms with van der Waals surface area (Å²) in [5.41, 5.74) is -0.848. The number of halogens is 3. The van der Waals surface area contributed by atoms with Crippen molar-refractivity contribution in [3.63, 3.8) is 0 Å². The van der Waals surface area contributed by atoms with Gasteiger partial charge in [-0.2, -0.15) is 18.2 Å². The van der Waals surface area contributed by atoms with Gasteiger partial charge >= 0.3 is 6.18 Å². The van der Waals surface area contributed by atoms with Crippen LogP contribution < -0.4 is 0 Å². The monoisotopic (exact) mass is 230 g/mol. The van der Waals surface area contributed by atoms with Crippen molar-refractivity contribution >= 4 is 0 Å². The lowest BCUT2D eigenvalue weighted by Crippen LogP contribution is -2.04. The van der Waals surface area contributed by atoms with E-state index in [1.807, 2.05) is 0 Å². The SMILES string of the molecule is Oc1cc(C(F)(F)F)ccc1-c1ncon1. The average Bonchev–Trinajstić information content (AvgIpc) is 2.69. The summed E-state index contributed by atoms with van der Waals surface area (Å²) >= 11 is 0. The van der Waals surface area contributed by atoms with Crippen LogP contribution in [0.1, 0.15) is 5.56 Å². The molecule has 0 atom stereocenters. The summed E-state index contributed by atoms with van der Waals surface area (Å²) in [6, 6.07) is 2.54. The van der Waals surface area contributed by atoms with Crippen molar-refractivity contribution in [2.45, 2.75) is 6.18 Å². The molecule has 1 aromatic heterocycles. The molecule has 1 N–H and O–H groups in total. The Balaban J connectivity index is 2.46. The number of phenolic OH excluding ortho intramolecular Hbond substituents is 1. The van der Waals surface area contributed by atoms with Gasteiger partial charge in [0.15, 0.2) is 0 Å². The number of aromatic nitrogens is 2. The molecule has 0 amide bonds. The van der Waals surface area contributed by atoms with Crippen LogP contribution in [0.15, 0.2) is 29.1 Å². The van der Waals surface area contributed by atoms with Gasteiger partial charge in [0.2, 0.25) is 12.2 Å². The third kappa shape index (κ3) is 1.83. The molecule has 2 aromatic rings. The maximum absolute atomic E-state index is 12.3. The highest BCUT2D eigenvalue weighted by Crippen LogP contribution is 2.35. The lowest BCUT2D eigenvalue weighted by atomic mass is 10.1. The second-order valence-corrected chi connectivity index (χ2v) is 2.98. The zero-order chi connectivity index (χ0) is 11.8. The lowest BCUT2D eigenvalue weighted by Gasteiger charge is -2.07. The molecule has 2 rings (SSSR count). The molecule has 0 aliphatic heterocycles. The molecule has 0 saturated carbocycles. The summed E-state index contributed by atoms with van der Waals surface area (Å²) in [5.74, 6) is -0.512. The maximum Gasteiger partial charge on any atom is 0.416 e. The molecule has 1 aromatic carbocycles. The largest absolute Gasteiger partial charge is 0.507 e. The van der Waals surface area contributed by atoms with Crippen LogP contribution in [0.4, 0.5) is 13.2 Å². The number of phenols is 1. The Bertz CT molecular complexity index is 494. The second-order valence-electron chi connectivity index (χ2n) is 2.98. The summed E-state index contributed by atoms with van der Waals surface area (Å²) in [5, 5.41) is 12.8. The zero-order valence-corrected chi connectivity index (χ0v) is 7.69. The van der Waals surface area contributed by atoms with E-state index in [0.29, 0.717) is 6.07 Å². The van der Waals surface area contributed by atoms with Crippen molar-refractivity contribution in [3.8, 4) is 17.1 Å². The van der Waals surface area contributed by atoms with Crippen molar-refractivity contribution in [2.24, 2.45) is 0 Å². The van der Waals surface area contributed by atoms with Crippen LogP contribution in [-0.2, 0) is 6.18 Å². The first-order chi connectivity index (χ1) is 7.48. The van der Waals surface area contributed by atoms with Crippen molar-refractivity contribution in [3.05, 3.63) is 30.2 Å². The summed E-state index contributed by atoms with van der Waals surface area (Å²) in [7, 11) is 0. The minimum absolute atomic E-state index is 0.0335. The second kappa shape index (κ2) is 3.51. The first-order valence-electron chi connectivity index (χ1n) is 4.15. The van der Waals surface area contributed by atoms with Gasteiger partial charge in [0.1, 0.15) is 5.75 Å². The topological polar surface area (TPSA) is 59.2 Å². The van der Waals surface area contributed by atoms with Crippen molar-refractivity contribution < 1.29 is 22.8 Å². The molecule has 0 spiro atoms. The molecule has 1 heterocycles. The Morgan fingerprint density at radius 2 is 2.00 bits per heavy atom. The van der Waals surface area contributed by atoms with Crippen LogP contribution in [0.5, 0.6) is 5.75 Å². The molecule has 0 bridgehead atoms. The van der Waals surface area contributed by atoms with Crippen LogP contribution in [0.2, 0.25) is 0 Å². The number of hydrogen-bond acceptors (Lipinski definition) is 4. The number of nitrogens with zero attached hydrogens (tertiary/aromatic N) is 2. The summed E-state index contributed by atoms with van der Waals surface area (Å²) in [4.78, 5) is 3.62. The number of rotatable bonds is 1. The van der Waals surface area contributed by atoms with Crippen LogP contribution >= 0.6 is 0 Å². The number of hydrogen-bond donors (Lipinski definition) is 1. The molecule has 0 unspecified atom stereocenters. The molecule has 0 aliphatic rings.